The number of aryl methyl sites for hydroxylation is 2. The van der Waals surface area contributed by atoms with Gasteiger partial charge in [-0.1, -0.05) is 12.1 Å². The van der Waals surface area contributed by atoms with Crippen molar-refractivity contribution in [1.29, 1.82) is 0 Å². The fourth-order valence-corrected chi connectivity index (χ4v) is 1.92. The molecule has 90 valence electrons. The predicted octanol–water partition coefficient (Wildman–Crippen LogP) is 1.42. The summed E-state index contributed by atoms with van der Waals surface area (Å²) >= 11 is 0. The van der Waals surface area contributed by atoms with Crippen molar-refractivity contribution in [2.75, 3.05) is 0 Å². The highest BCUT2D eigenvalue weighted by atomic mass is 19.1. The average Bonchev–Trinajstić information content (AvgIpc) is 2.62. The van der Waals surface area contributed by atoms with Crippen molar-refractivity contribution in [2.24, 2.45) is 12.9 Å². The normalized spacial score (nSPS) is 12.7. The van der Waals surface area contributed by atoms with Crippen molar-refractivity contribution < 1.29 is 4.39 Å². The first kappa shape index (κ1) is 11.8. The molecule has 0 radical (unpaired) electrons. The van der Waals surface area contributed by atoms with E-state index in [1.807, 2.05) is 20.2 Å². The molecule has 0 saturated heterocycles. The number of halogens is 1. The minimum absolute atomic E-state index is 0.177. The summed E-state index contributed by atoms with van der Waals surface area (Å²) < 4.78 is 14.6. The van der Waals surface area contributed by atoms with Gasteiger partial charge in [-0.15, -0.1) is 0 Å². The minimum Gasteiger partial charge on any atom is -0.275 e. The van der Waals surface area contributed by atoms with Crippen molar-refractivity contribution in [3.8, 4) is 0 Å². The standard InChI is InChI=1S/C12H15FN4/c1-8-11(7-17(2)16-8)12(15-14)9-3-5-10(13)6-4-9/h3-7,12,15H,14H2,1-2H3. The SMILES string of the molecule is Cc1nn(C)cc1C(NN)c1ccc(F)cc1. The molecule has 2 aromatic rings. The molecule has 0 aliphatic carbocycles. The first-order chi connectivity index (χ1) is 8.11. The quantitative estimate of drug-likeness (QED) is 0.624. The summed E-state index contributed by atoms with van der Waals surface area (Å²) in [4.78, 5) is 0. The summed E-state index contributed by atoms with van der Waals surface area (Å²) in [7, 11) is 1.86. The summed E-state index contributed by atoms with van der Waals surface area (Å²) in [6.45, 7) is 1.92. The molecule has 1 unspecified atom stereocenters. The molecule has 2 rings (SSSR count). The lowest BCUT2D eigenvalue weighted by atomic mass is 10.0. The van der Waals surface area contributed by atoms with E-state index >= 15 is 0 Å². The van der Waals surface area contributed by atoms with Crippen LogP contribution in [-0.4, -0.2) is 9.78 Å². The second kappa shape index (κ2) is 4.65. The Kier molecular flexibility index (Phi) is 3.21. The van der Waals surface area contributed by atoms with Gasteiger partial charge in [0.2, 0.25) is 0 Å². The number of hydrazine groups is 1. The molecular formula is C12H15FN4. The Balaban J connectivity index is 2.39. The second-order valence-electron chi connectivity index (χ2n) is 3.99. The zero-order valence-electron chi connectivity index (χ0n) is 9.81. The van der Waals surface area contributed by atoms with Crippen molar-refractivity contribution in [3.05, 3.63) is 53.1 Å². The van der Waals surface area contributed by atoms with Gasteiger partial charge in [0.15, 0.2) is 0 Å². The van der Waals surface area contributed by atoms with Gasteiger partial charge in [-0.05, 0) is 24.6 Å². The van der Waals surface area contributed by atoms with Crippen LogP contribution >= 0.6 is 0 Å². The molecule has 17 heavy (non-hydrogen) atoms. The van der Waals surface area contributed by atoms with E-state index in [2.05, 4.69) is 10.5 Å². The number of aromatic nitrogens is 2. The lowest BCUT2D eigenvalue weighted by Crippen LogP contribution is -2.29. The summed E-state index contributed by atoms with van der Waals surface area (Å²) in [6.07, 6.45) is 1.91. The third-order valence-corrected chi connectivity index (χ3v) is 2.73. The molecule has 0 aliphatic heterocycles. The van der Waals surface area contributed by atoms with Crippen LogP contribution in [0.3, 0.4) is 0 Å². The lowest BCUT2D eigenvalue weighted by molar-refractivity contribution is 0.614. The largest absolute Gasteiger partial charge is 0.275 e. The molecule has 1 heterocycles. The van der Waals surface area contributed by atoms with Crippen molar-refractivity contribution in [3.63, 3.8) is 0 Å². The van der Waals surface area contributed by atoms with Gasteiger partial charge >= 0.3 is 0 Å². The molecule has 3 N–H and O–H groups in total. The predicted molar refractivity (Wildman–Crippen MR) is 63.5 cm³/mol. The van der Waals surface area contributed by atoms with Gasteiger partial charge in [-0.2, -0.15) is 5.10 Å². The molecule has 1 atom stereocenters. The Hall–Kier alpha value is -1.72. The van der Waals surface area contributed by atoms with Gasteiger partial charge in [0.1, 0.15) is 5.82 Å². The number of benzene rings is 1. The Labute approximate surface area is 99.2 Å². The topological polar surface area (TPSA) is 55.9 Å². The van der Waals surface area contributed by atoms with Crippen molar-refractivity contribution in [2.45, 2.75) is 13.0 Å². The highest BCUT2D eigenvalue weighted by Crippen LogP contribution is 2.23. The maximum atomic E-state index is 12.9. The van der Waals surface area contributed by atoms with Crippen LogP contribution in [0.1, 0.15) is 22.9 Å². The second-order valence-corrected chi connectivity index (χ2v) is 3.99. The van der Waals surface area contributed by atoms with E-state index in [9.17, 15) is 4.39 Å². The molecule has 1 aromatic heterocycles. The lowest BCUT2D eigenvalue weighted by Gasteiger charge is -2.15. The fraction of sp³-hybridized carbons (Fsp3) is 0.250. The number of hydrogen-bond acceptors (Lipinski definition) is 3. The van der Waals surface area contributed by atoms with Crippen LogP contribution in [0.25, 0.3) is 0 Å². The van der Waals surface area contributed by atoms with E-state index in [1.54, 1.807) is 16.8 Å². The van der Waals surface area contributed by atoms with Crippen molar-refractivity contribution in [1.82, 2.24) is 15.2 Å². The molecular weight excluding hydrogens is 219 g/mol. The van der Waals surface area contributed by atoms with Crippen molar-refractivity contribution >= 4 is 0 Å². The molecule has 0 amide bonds. The van der Waals surface area contributed by atoms with E-state index in [4.69, 9.17) is 5.84 Å². The molecule has 0 saturated carbocycles. The van der Waals surface area contributed by atoms with E-state index < -0.39 is 0 Å². The summed E-state index contributed by atoms with van der Waals surface area (Å²) in [5.41, 5.74) is 5.53. The third-order valence-electron chi connectivity index (χ3n) is 2.73. The van der Waals surface area contributed by atoms with E-state index in [1.165, 1.54) is 12.1 Å². The Bertz CT molecular complexity index is 504. The van der Waals surface area contributed by atoms with Crippen LogP contribution in [0, 0.1) is 12.7 Å². The average molecular weight is 234 g/mol. The van der Waals surface area contributed by atoms with Crippen LogP contribution in [0.2, 0.25) is 0 Å². The van der Waals surface area contributed by atoms with Gasteiger partial charge in [-0.3, -0.25) is 10.5 Å². The van der Waals surface area contributed by atoms with Crippen LogP contribution in [0.5, 0.6) is 0 Å². The van der Waals surface area contributed by atoms with E-state index in [0.717, 1.165) is 16.8 Å². The monoisotopic (exact) mass is 234 g/mol. The number of nitrogens with two attached hydrogens (primary N) is 1. The molecule has 5 heteroatoms. The van der Waals surface area contributed by atoms with E-state index in [-0.39, 0.29) is 11.9 Å². The third kappa shape index (κ3) is 2.35. The summed E-state index contributed by atoms with van der Waals surface area (Å²) in [5.74, 6) is 5.32. The molecule has 1 aromatic carbocycles. The first-order valence-corrected chi connectivity index (χ1v) is 5.33. The van der Waals surface area contributed by atoms with Gasteiger partial charge in [-0.25, -0.2) is 9.82 Å². The number of hydrogen-bond donors (Lipinski definition) is 2. The Morgan fingerprint density at radius 3 is 2.47 bits per heavy atom. The van der Waals surface area contributed by atoms with Gasteiger partial charge in [0, 0.05) is 18.8 Å². The summed E-state index contributed by atoms with van der Waals surface area (Å²) in [6, 6.07) is 6.10. The maximum Gasteiger partial charge on any atom is 0.123 e. The number of nitrogens with zero attached hydrogens (tertiary/aromatic N) is 2. The molecule has 0 bridgehead atoms. The maximum absolute atomic E-state index is 12.9. The molecule has 0 aliphatic rings. The van der Waals surface area contributed by atoms with Gasteiger partial charge < -0.3 is 0 Å². The van der Waals surface area contributed by atoms with E-state index in [0.29, 0.717) is 0 Å². The van der Waals surface area contributed by atoms with Gasteiger partial charge in [0.25, 0.3) is 0 Å². The molecule has 0 fully saturated rings. The highest BCUT2D eigenvalue weighted by Gasteiger charge is 2.17. The van der Waals surface area contributed by atoms with Crippen LogP contribution in [-0.2, 0) is 7.05 Å². The number of nitrogens with one attached hydrogen (secondary N) is 1. The van der Waals surface area contributed by atoms with Gasteiger partial charge in [0.05, 0.1) is 11.7 Å². The Morgan fingerprint density at radius 2 is 2.00 bits per heavy atom. The smallest absolute Gasteiger partial charge is 0.123 e. The van der Waals surface area contributed by atoms with Crippen LogP contribution in [0.4, 0.5) is 4.39 Å². The Morgan fingerprint density at radius 1 is 1.35 bits per heavy atom. The zero-order chi connectivity index (χ0) is 12.4. The molecule has 4 nitrogen and oxygen atoms in total. The van der Waals surface area contributed by atoms with Crippen LogP contribution in [0.15, 0.2) is 30.5 Å². The number of rotatable bonds is 3. The fourth-order valence-electron chi connectivity index (χ4n) is 1.92. The highest BCUT2D eigenvalue weighted by molar-refractivity contribution is 5.32. The summed E-state index contributed by atoms with van der Waals surface area (Å²) in [5, 5.41) is 4.27. The van der Waals surface area contributed by atoms with Crippen LogP contribution < -0.4 is 11.3 Å². The first-order valence-electron chi connectivity index (χ1n) is 5.33. The zero-order valence-corrected chi connectivity index (χ0v) is 9.81. The minimum atomic E-state index is -0.257. The molecule has 0 spiro atoms.